The zero-order chi connectivity index (χ0) is 23.2. The number of aliphatic hydroxyl groups is 1. The monoisotopic (exact) mass is 448 g/mol. The molecule has 0 bridgehead atoms. The molecule has 4 fully saturated rings. The summed E-state index contributed by atoms with van der Waals surface area (Å²) in [7, 11) is 0. The van der Waals surface area contributed by atoms with Crippen LogP contribution in [-0.4, -0.2) is 23.2 Å². The van der Waals surface area contributed by atoms with Gasteiger partial charge in [-0.3, -0.25) is 4.79 Å². The van der Waals surface area contributed by atoms with E-state index in [9.17, 15) is 9.90 Å². The van der Waals surface area contributed by atoms with Crippen LogP contribution in [-0.2, 0) is 0 Å². The summed E-state index contributed by atoms with van der Waals surface area (Å²) < 4.78 is 0. The van der Waals surface area contributed by atoms with E-state index in [1.54, 1.807) is 24.3 Å². The molecule has 4 nitrogen and oxygen atoms in total. The summed E-state index contributed by atoms with van der Waals surface area (Å²) in [5.41, 5.74) is 0.985. The third-order valence-corrected chi connectivity index (χ3v) is 10.4. The van der Waals surface area contributed by atoms with Crippen LogP contribution in [0.25, 0.3) is 0 Å². The number of benzene rings is 1. The van der Waals surface area contributed by atoms with Crippen LogP contribution in [0, 0.1) is 52.3 Å². The van der Waals surface area contributed by atoms with E-state index in [4.69, 9.17) is 5.26 Å². The van der Waals surface area contributed by atoms with Gasteiger partial charge in [-0.2, -0.15) is 5.26 Å². The van der Waals surface area contributed by atoms with Crippen molar-refractivity contribution < 1.29 is 9.90 Å². The predicted octanol–water partition coefficient (Wildman–Crippen LogP) is 5.70. The van der Waals surface area contributed by atoms with Crippen LogP contribution < -0.4 is 5.32 Å². The van der Waals surface area contributed by atoms with Crippen LogP contribution in [0.1, 0.15) is 94.0 Å². The molecule has 33 heavy (non-hydrogen) atoms. The molecule has 178 valence electrons. The van der Waals surface area contributed by atoms with Gasteiger partial charge < -0.3 is 10.4 Å². The van der Waals surface area contributed by atoms with Crippen molar-refractivity contribution in [2.45, 2.75) is 83.7 Å². The molecule has 2 N–H and O–H groups in total. The SMILES string of the molecule is C[C@@]1(O)CC[C@H]2C(CC[C@@H]3C2CC[C@@]2(C)C3CCC[C@@H]2CNC(=O)c2cccc(C#N)c2)C1. The van der Waals surface area contributed by atoms with Crippen molar-refractivity contribution >= 4 is 5.91 Å². The molecule has 4 saturated carbocycles. The van der Waals surface area contributed by atoms with Gasteiger partial charge in [0.15, 0.2) is 0 Å². The van der Waals surface area contributed by atoms with Gasteiger partial charge in [0.2, 0.25) is 0 Å². The van der Waals surface area contributed by atoms with Crippen LogP contribution >= 0.6 is 0 Å². The molecule has 3 unspecified atom stereocenters. The van der Waals surface area contributed by atoms with E-state index in [1.165, 1.54) is 51.4 Å². The van der Waals surface area contributed by atoms with E-state index in [0.717, 1.165) is 49.0 Å². The van der Waals surface area contributed by atoms with Crippen molar-refractivity contribution in [3.05, 3.63) is 35.4 Å². The first-order valence-electron chi connectivity index (χ1n) is 13.3. The maximum atomic E-state index is 12.8. The lowest BCUT2D eigenvalue weighted by atomic mass is 9.45. The first kappa shape index (κ1) is 22.9. The summed E-state index contributed by atoms with van der Waals surface area (Å²) in [6, 6.07) is 9.14. The van der Waals surface area contributed by atoms with E-state index in [2.05, 4.69) is 18.3 Å². The lowest BCUT2D eigenvalue weighted by Crippen LogP contribution is -2.55. The molecule has 0 spiro atoms. The highest BCUT2D eigenvalue weighted by molar-refractivity contribution is 5.94. The van der Waals surface area contributed by atoms with Crippen LogP contribution in [0.5, 0.6) is 0 Å². The van der Waals surface area contributed by atoms with Gasteiger partial charge in [-0.25, -0.2) is 0 Å². The fourth-order valence-electron chi connectivity index (χ4n) is 8.78. The summed E-state index contributed by atoms with van der Waals surface area (Å²) in [4.78, 5) is 12.8. The van der Waals surface area contributed by atoms with Gasteiger partial charge in [-0.1, -0.05) is 19.4 Å². The molecule has 0 heterocycles. The summed E-state index contributed by atoms with van der Waals surface area (Å²) in [5.74, 6) is 4.48. The minimum Gasteiger partial charge on any atom is -0.390 e. The molecular formula is C29H40N2O2. The van der Waals surface area contributed by atoms with Gasteiger partial charge in [-0.05, 0) is 124 Å². The molecule has 0 radical (unpaired) electrons. The summed E-state index contributed by atoms with van der Waals surface area (Å²) in [5, 5.41) is 23.0. The van der Waals surface area contributed by atoms with Crippen LogP contribution in [0.15, 0.2) is 24.3 Å². The Morgan fingerprint density at radius 2 is 1.91 bits per heavy atom. The Morgan fingerprint density at radius 3 is 2.73 bits per heavy atom. The topological polar surface area (TPSA) is 73.1 Å². The first-order chi connectivity index (χ1) is 15.8. The number of amides is 1. The number of nitrogens with one attached hydrogen (secondary N) is 1. The minimum absolute atomic E-state index is 0.0544. The van der Waals surface area contributed by atoms with Crippen molar-refractivity contribution in [3.63, 3.8) is 0 Å². The van der Waals surface area contributed by atoms with Crippen LogP contribution in [0.2, 0.25) is 0 Å². The van der Waals surface area contributed by atoms with Gasteiger partial charge in [-0.15, -0.1) is 0 Å². The summed E-state index contributed by atoms with van der Waals surface area (Å²) in [6.07, 6.45) is 12.3. The Balaban J connectivity index is 1.27. The van der Waals surface area contributed by atoms with Crippen molar-refractivity contribution in [1.82, 2.24) is 5.32 Å². The van der Waals surface area contributed by atoms with E-state index in [-0.39, 0.29) is 5.91 Å². The molecule has 5 rings (SSSR count). The molecule has 0 saturated heterocycles. The minimum atomic E-state index is -0.446. The number of carbonyl (C=O) groups excluding carboxylic acids is 1. The second-order valence-corrected chi connectivity index (χ2v) is 12.3. The predicted molar refractivity (Wildman–Crippen MR) is 129 cm³/mol. The van der Waals surface area contributed by atoms with E-state index < -0.39 is 5.60 Å². The number of rotatable bonds is 3. The number of hydrogen-bond acceptors (Lipinski definition) is 3. The molecule has 4 aliphatic carbocycles. The van der Waals surface area contributed by atoms with Crippen molar-refractivity contribution in [3.8, 4) is 6.07 Å². The number of carbonyl (C=O) groups is 1. The molecule has 0 aromatic heterocycles. The van der Waals surface area contributed by atoms with E-state index in [0.29, 0.717) is 22.5 Å². The molecule has 4 heteroatoms. The van der Waals surface area contributed by atoms with Gasteiger partial charge in [0.25, 0.3) is 5.91 Å². The Kier molecular flexibility index (Phi) is 6.06. The normalized spacial score (nSPS) is 42.2. The smallest absolute Gasteiger partial charge is 0.251 e. The summed E-state index contributed by atoms with van der Waals surface area (Å²) in [6.45, 7) is 5.32. The lowest BCUT2D eigenvalue weighted by Gasteiger charge is -2.61. The number of fused-ring (bicyclic) bond motifs is 5. The van der Waals surface area contributed by atoms with Crippen molar-refractivity contribution in [2.24, 2.45) is 40.9 Å². The number of nitriles is 1. The molecular weight excluding hydrogens is 408 g/mol. The lowest BCUT2D eigenvalue weighted by molar-refractivity contribution is -0.125. The van der Waals surface area contributed by atoms with E-state index in [1.807, 2.05) is 6.92 Å². The highest BCUT2D eigenvalue weighted by Crippen LogP contribution is 2.63. The number of nitrogens with zero attached hydrogens (tertiary/aromatic N) is 1. The Morgan fingerprint density at radius 1 is 1.09 bits per heavy atom. The highest BCUT2D eigenvalue weighted by Gasteiger charge is 2.55. The summed E-state index contributed by atoms with van der Waals surface area (Å²) >= 11 is 0. The third-order valence-electron chi connectivity index (χ3n) is 10.4. The zero-order valence-electron chi connectivity index (χ0n) is 20.4. The van der Waals surface area contributed by atoms with Gasteiger partial charge in [0.05, 0.1) is 17.2 Å². The van der Waals surface area contributed by atoms with E-state index >= 15 is 0 Å². The fraction of sp³-hybridized carbons (Fsp3) is 0.724. The molecule has 4 aliphatic rings. The van der Waals surface area contributed by atoms with Gasteiger partial charge >= 0.3 is 0 Å². The molecule has 1 aromatic carbocycles. The first-order valence-corrected chi connectivity index (χ1v) is 13.3. The largest absolute Gasteiger partial charge is 0.390 e. The van der Waals surface area contributed by atoms with Crippen molar-refractivity contribution in [2.75, 3.05) is 6.54 Å². The van der Waals surface area contributed by atoms with Gasteiger partial charge in [0.1, 0.15) is 0 Å². The fourth-order valence-corrected chi connectivity index (χ4v) is 8.78. The highest BCUT2D eigenvalue weighted by atomic mass is 16.3. The van der Waals surface area contributed by atoms with Crippen molar-refractivity contribution in [1.29, 1.82) is 5.26 Å². The quantitative estimate of drug-likeness (QED) is 0.623. The second kappa shape index (κ2) is 8.73. The molecule has 1 aromatic rings. The third kappa shape index (κ3) is 4.23. The number of hydrogen-bond donors (Lipinski definition) is 2. The Bertz CT molecular complexity index is 934. The average molecular weight is 449 g/mol. The second-order valence-electron chi connectivity index (χ2n) is 12.3. The van der Waals surface area contributed by atoms with Crippen LogP contribution in [0.4, 0.5) is 0 Å². The Hall–Kier alpha value is -1.86. The standard InChI is InChI=1S/C29H40N2O2/c1-28(33)13-11-23-21(16-28)9-10-25-24(23)12-14-29(2)22(7-4-8-26(25)29)18-31-27(32)20-6-3-5-19(15-20)17-30/h3,5-6,15,21-26,33H,4,7-14,16,18H2,1-2H3,(H,31,32)/t21?,22-,23+,24?,25-,26?,28-,29-/m1/s1. The maximum Gasteiger partial charge on any atom is 0.251 e. The molecule has 8 atom stereocenters. The molecule has 1 amide bonds. The molecule has 0 aliphatic heterocycles. The average Bonchev–Trinajstić information content (AvgIpc) is 2.81. The Labute approximate surface area is 199 Å². The van der Waals surface area contributed by atoms with Crippen LogP contribution in [0.3, 0.4) is 0 Å². The maximum absolute atomic E-state index is 12.8. The zero-order valence-corrected chi connectivity index (χ0v) is 20.4. The van der Waals surface area contributed by atoms with Gasteiger partial charge in [0, 0.05) is 12.1 Å².